The van der Waals surface area contributed by atoms with Crippen molar-refractivity contribution in [2.45, 2.75) is 0 Å². The Labute approximate surface area is 122 Å². The van der Waals surface area contributed by atoms with E-state index in [4.69, 9.17) is 10.00 Å². The number of rotatable bonds is 3. The number of anilines is 1. The molecule has 0 saturated carbocycles. The van der Waals surface area contributed by atoms with Crippen LogP contribution in [0.3, 0.4) is 0 Å². The van der Waals surface area contributed by atoms with E-state index in [1.165, 1.54) is 11.1 Å². The van der Waals surface area contributed by atoms with Crippen LogP contribution in [0.2, 0.25) is 0 Å². The van der Waals surface area contributed by atoms with Crippen molar-refractivity contribution >= 4 is 11.7 Å². The summed E-state index contributed by atoms with van der Waals surface area (Å²) in [5.41, 5.74) is 0.999. The number of pyridine rings is 1. The van der Waals surface area contributed by atoms with E-state index in [-0.39, 0.29) is 6.03 Å². The van der Waals surface area contributed by atoms with Crippen LogP contribution in [0.5, 0.6) is 11.6 Å². The molecule has 1 aromatic carbocycles. The van der Waals surface area contributed by atoms with Gasteiger partial charge in [-0.05, 0) is 18.2 Å². The molecule has 21 heavy (non-hydrogen) atoms. The van der Waals surface area contributed by atoms with Gasteiger partial charge in [-0.2, -0.15) is 5.26 Å². The van der Waals surface area contributed by atoms with Gasteiger partial charge in [-0.25, -0.2) is 9.78 Å². The Morgan fingerprint density at radius 2 is 2.05 bits per heavy atom. The summed E-state index contributed by atoms with van der Waals surface area (Å²) >= 11 is 0. The predicted octanol–water partition coefficient (Wildman–Crippen LogP) is 2.84. The molecule has 6 heteroatoms. The second-order valence-corrected chi connectivity index (χ2v) is 4.42. The van der Waals surface area contributed by atoms with Crippen LogP contribution in [-0.4, -0.2) is 30.0 Å². The van der Waals surface area contributed by atoms with Crippen molar-refractivity contribution in [2.24, 2.45) is 0 Å². The molecule has 2 aromatic rings. The monoisotopic (exact) mass is 282 g/mol. The molecule has 0 saturated heterocycles. The largest absolute Gasteiger partial charge is 0.437 e. The molecule has 0 unspecified atom stereocenters. The molecular formula is C15H14N4O2. The van der Waals surface area contributed by atoms with E-state index in [1.807, 2.05) is 6.07 Å². The van der Waals surface area contributed by atoms with Crippen LogP contribution in [-0.2, 0) is 0 Å². The number of hydrogen-bond acceptors (Lipinski definition) is 4. The number of carbonyl (C=O) groups excluding carboxylic acids is 1. The molecule has 2 amide bonds. The lowest BCUT2D eigenvalue weighted by Crippen LogP contribution is -2.27. The van der Waals surface area contributed by atoms with Crippen molar-refractivity contribution in [1.29, 1.82) is 5.26 Å². The summed E-state index contributed by atoms with van der Waals surface area (Å²) in [7, 11) is 3.31. The number of nitrogens with zero attached hydrogens (tertiary/aromatic N) is 3. The number of nitrogens with one attached hydrogen (secondary N) is 1. The second kappa shape index (κ2) is 6.39. The highest BCUT2D eigenvalue weighted by Crippen LogP contribution is 2.28. The predicted molar refractivity (Wildman–Crippen MR) is 78.2 cm³/mol. The fraction of sp³-hybridized carbons (Fsp3) is 0.133. The number of nitriles is 1. The standard InChI is InChI=1S/C15H14N4O2/c1-19(2)15(20)18-12-5-3-4-6-13(12)21-14-8-7-11(9-16)10-17-14/h3-8,10H,1-2H3,(H,18,20). The van der Waals surface area contributed by atoms with Crippen molar-refractivity contribution in [3.05, 3.63) is 48.2 Å². The quantitative estimate of drug-likeness (QED) is 0.938. The summed E-state index contributed by atoms with van der Waals surface area (Å²) < 4.78 is 5.64. The molecule has 1 aromatic heterocycles. The summed E-state index contributed by atoms with van der Waals surface area (Å²) in [4.78, 5) is 17.2. The molecule has 0 atom stereocenters. The minimum atomic E-state index is -0.251. The zero-order valence-corrected chi connectivity index (χ0v) is 11.7. The second-order valence-electron chi connectivity index (χ2n) is 4.42. The fourth-order valence-corrected chi connectivity index (χ4v) is 1.51. The Morgan fingerprint density at radius 3 is 2.67 bits per heavy atom. The third-order valence-corrected chi connectivity index (χ3v) is 2.61. The number of urea groups is 1. The molecule has 0 radical (unpaired) electrons. The van der Waals surface area contributed by atoms with Crippen LogP contribution in [0.4, 0.5) is 10.5 Å². The number of benzene rings is 1. The lowest BCUT2D eigenvalue weighted by Gasteiger charge is -2.15. The summed E-state index contributed by atoms with van der Waals surface area (Å²) in [5.74, 6) is 0.824. The minimum absolute atomic E-state index is 0.251. The van der Waals surface area contributed by atoms with E-state index in [0.717, 1.165) is 0 Å². The number of carbonyl (C=O) groups is 1. The van der Waals surface area contributed by atoms with E-state index in [1.54, 1.807) is 50.5 Å². The highest BCUT2D eigenvalue weighted by molar-refractivity contribution is 5.90. The topological polar surface area (TPSA) is 78.3 Å². The van der Waals surface area contributed by atoms with Gasteiger partial charge in [-0.3, -0.25) is 0 Å². The van der Waals surface area contributed by atoms with Crippen LogP contribution >= 0.6 is 0 Å². The van der Waals surface area contributed by atoms with Gasteiger partial charge in [-0.15, -0.1) is 0 Å². The molecule has 1 N–H and O–H groups in total. The number of amides is 2. The molecule has 106 valence electrons. The molecule has 0 aliphatic carbocycles. The van der Waals surface area contributed by atoms with E-state index >= 15 is 0 Å². The summed E-state index contributed by atoms with van der Waals surface area (Å²) in [6.07, 6.45) is 1.43. The molecular weight excluding hydrogens is 268 g/mol. The molecule has 6 nitrogen and oxygen atoms in total. The summed E-state index contributed by atoms with van der Waals surface area (Å²) in [6, 6.07) is 12.0. The Bertz CT molecular complexity index is 675. The number of para-hydroxylation sites is 2. The van der Waals surface area contributed by atoms with Crippen molar-refractivity contribution in [1.82, 2.24) is 9.88 Å². The van der Waals surface area contributed by atoms with Crippen LogP contribution in [0, 0.1) is 11.3 Å². The Balaban J connectivity index is 2.19. The number of ether oxygens (including phenoxy) is 1. The van der Waals surface area contributed by atoms with Crippen molar-refractivity contribution in [3.8, 4) is 17.7 Å². The van der Waals surface area contributed by atoms with E-state index in [2.05, 4.69) is 10.3 Å². The van der Waals surface area contributed by atoms with Crippen molar-refractivity contribution < 1.29 is 9.53 Å². The van der Waals surface area contributed by atoms with Gasteiger partial charge in [0.25, 0.3) is 0 Å². The smallest absolute Gasteiger partial charge is 0.321 e. The fourth-order valence-electron chi connectivity index (χ4n) is 1.51. The SMILES string of the molecule is CN(C)C(=O)Nc1ccccc1Oc1ccc(C#N)cn1. The summed E-state index contributed by atoms with van der Waals surface area (Å²) in [5, 5.41) is 11.5. The van der Waals surface area contributed by atoms with Gasteiger partial charge < -0.3 is 15.0 Å². The molecule has 0 fully saturated rings. The average Bonchev–Trinajstić information content (AvgIpc) is 2.50. The highest BCUT2D eigenvalue weighted by atomic mass is 16.5. The summed E-state index contributed by atoms with van der Waals surface area (Å²) in [6.45, 7) is 0. The van der Waals surface area contributed by atoms with Crippen LogP contribution < -0.4 is 10.1 Å². The third kappa shape index (κ3) is 3.70. The maximum Gasteiger partial charge on any atom is 0.321 e. The van der Waals surface area contributed by atoms with Gasteiger partial charge in [0.15, 0.2) is 5.75 Å². The Hall–Kier alpha value is -3.07. The van der Waals surface area contributed by atoms with Gasteiger partial charge in [0.1, 0.15) is 6.07 Å². The lowest BCUT2D eigenvalue weighted by atomic mass is 10.3. The van der Waals surface area contributed by atoms with Crippen LogP contribution in [0.15, 0.2) is 42.6 Å². The number of aromatic nitrogens is 1. The van der Waals surface area contributed by atoms with Gasteiger partial charge in [0.05, 0.1) is 11.3 Å². The molecule has 2 rings (SSSR count). The van der Waals surface area contributed by atoms with Crippen LogP contribution in [0.1, 0.15) is 5.56 Å². The third-order valence-electron chi connectivity index (χ3n) is 2.61. The van der Waals surface area contributed by atoms with Crippen molar-refractivity contribution in [3.63, 3.8) is 0 Å². The number of hydrogen-bond donors (Lipinski definition) is 1. The lowest BCUT2D eigenvalue weighted by molar-refractivity contribution is 0.230. The first-order chi connectivity index (χ1) is 10.1. The average molecular weight is 282 g/mol. The minimum Gasteiger partial charge on any atom is -0.437 e. The first-order valence-electron chi connectivity index (χ1n) is 6.21. The normalized spacial score (nSPS) is 9.57. The Morgan fingerprint density at radius 1 is 1.29 bits per heavy atom. The highest BCUT2D eigenvalue weighted by Gasteiger charge is 2.10. The first-order valence-corrected chi connectivity index (χ1v) is 6.21. The van der Waals surface area contributed by atoms with Crippen LogP contribution in [0.25, 0.3) is 0 Å². The molecule has 0 bridgehead atoms. The Kier molecular flexibility index (Phi) is 4.36. The molecule has 1 heterocycles. The van der Waals surface area contributed by atoms with Gasteiger partial charge in [0.2, 0.25) is 5.88 Å². The van der Waals surface area contributed by atoms with Gasteiger partial charge >= 0.3 is 6.03 Å². The zero-order chi connectivity index (χ0) is 15.2. The molecule has 0 aliphatic rings. The maximum absolute atomic E-state index is 11.7. The molecule has 0 aliphatic heterocycles. The molecule has 0 spiro atoms. The zero-order valence-electron chi connectivity index (χ0n) is 11.7. The first kappa shape index (κ1) is 14.3. The van der Waals surface area contributed by atoms with E-state index in [0.29, 0.717) is 22.9 Å². The van der Waals surface area contributed by atoms with E-state index < -0.39 is 0 Å². The van der Waals surface area contributed by atoms with Crippen molar-refractivity contribution in [2.75, 3.05) is 19.4 Å². The van der Waals surface area contributed by atoms with Gasteiger partial charge in [0, 0.05) is 26.4 Å². The maximum atomic E-state index is 11.7. The van der Waals surface area contributed by atoms with E-state index in [9.17, 15) is 4.79 Å². The van der Waals surface area contributed by atoms with Gasteiger partial charge in [-0.1, -0.05) is 12.1 Å².